The van der Waals surface area contributed by atoms with E-state index in [2.05, 4.69) is 15.0 Å². The number of hydrogen-bond acceptors (Lipinski definition) is 6. The summed E-state index contributed by atoms with van der Waals surface area (Å²) in [6, 6.07) is 1.76. The van der Waals surface area contributed by atoms with E-state index >= 15 is 0 Å². The van der Waals surface area contributed by atoms with Gasteiger partial charge in [-0.1, -0.05) is 0 Å². The van der Waals surface area contributed by atoms with Gasteiger partial charge < -0.3 is 20.7 Å². The number of carbonyl (C=O) groups is 1. The normalized spacial score (nSPS) is 10.5. The summed E-state index contributed by atoms with van der Waals surface area (Å²) in [5, 5.41) is 4.09. The van der Waals surface area contributed by atoms with E-state index in [4.69, 9.17) is 5.73 Å². The minimum absolute atomic E-state index is 0.386. The van der Waals surface area contributed by atoms with Crippen LogP contribution in [0.25, 0.3) is 0 Å². The van der Waals surface area contributed by atoms with Crippen molar-refractivity contribution in [1.82, 2.24) is 4.90 Å². The van der Waals surface area contributed by atoms with Gasteiger partial charge in [0.25, 0.3) is 0 Å². The molecule has 6 heteroatoms. The Bertz CT molecular complexity index is 363. The van der Waals surface area contributed by atoms with Crippen molar-refractivity contribution < 1.29 is 9.53 Å². The Kier molecular flexibility index (Phi) is 4.57. The van der Waals surface area contributed by atoms with Crippen LogP contribution in [-0.4, -0.2) is 45.2 Å². The maximum Gasteiger partial charge on any atom is 0.350 e. The number of nitrogens with one attached hydrogen (secondary N) is 1. The van der Waals surface area contributed by atoms with Gasteiger partial charge in [-0.2, -0.15) is 0 Å². The van der Waals surface area contributed by atoms with Crippen LogP contribution in [-0.2, 0) is 4.74 Å². The monoisotopic (exact) mass is 243 g/mol. The lowest BCUT2D eigenvalue weighted by Crippen LogP contribution is -2.20. The molecule has 0 aromatic carbocycles. The first-order valence-corrected chi connectivity index (χ1v) is 5.72. The van der Waals surface area contributed by atoms with E-state index in [1.807, 2.05) is 14.1 Å². The molecule has 1 aromatic rings. The van der Waals surface area contributed by atoms with Crippen LogP contribution in [0.3, 0.4) is 0 Å². The van der Waals surface area contributed by atoms with Crippen molar-refractivity contribution >= 4 is 28.0 Å². The van der Waals surface area contributed by atoms with Crippen molar-refractivity contribution in [2.75, 3.05) is 45.3 Å². The maximum atomic E-state index is 11.3. The SMILES string of the molecule is COC(=O)c1sc(NCCN(C)C)cc1N. The maximum absolute atomic E-state index is 11.3. The van der Waals surface area contributed by atoms with Crippen LogP contribution in [0.4, 0.5) is 10.7 Å². The third-order valence-electron chi connectivity index (χ3n) is 1.99. The Hall–Kier alpha value is -1.27. The van der Waals surface area contributed by atoms with Crippen LogP contribution >= 0.6 is 11.3 Å². The van der Waals surface area contributed by atoms with Gasteiger partial charge in [0.05, 0.1) is 17.8 Å². The standard InChI is InChI=1S/C10H17N3O2S/c1-13(2)5-4-12-8-6-7(11)9(16-8)10(14)15-3/h6,12H,4-5,11H2,1-3H3. The van der Waals surface area contributed by atoms with E-state index < -0.39 is 0 Å². The van der Waals surface area contributed by atoms with E-state index in [-0.39, 0.29) is 5.97 Å². The van der Waals surface area contributed by atoms with E-state index in [1.54, 1.807) is 6.07 Å². The molecule has 90 valence electrons. The molecule has 3 N–H and O–H groups in total. The molecule has 16 heavy (non-hydrogen) atoms. The number of methoxy groups -OCH3 is 1. The van der Waals surface area contributed by atoms with Crippen LogP contribution < -0.4 is 11.1 Å². The zero-order valence-corrected chi connectivity index (χ0v) is 10.6. The minimum Gasteiger partial charge on any atom is -0.465 e. The number of carbonyl (C=O) groups excluding carboxylic acids is 1. The van der Waals surface area contributed by atoms with E-state index in [1.165, 1.54) is 18.4 Å². The number of nitrogen functional groups attached to an aromatic ring is 1. The average Bonchev–Trinajstić information content (AvgIpc) is 2.58. The molecule has 0 saturated heterocycles. The molecule has 0 unspecified atom stereocenters. The van der Waals surface area contributed by atoms with Gasteiger partial charge >= 0.3 is 5.97 Å². The minimum atomic E-state index is -0.386. The van der Waals surface area contributed by atoms with Crippen molar-refractivity contribution in [1.29, 1.82) is 0 Å². The molecule has 0 aliphatic rings. The molecular formula is C10H17N3O2S. The molecule has 5 nitrogen and oxygen atoms in total. The largest absolute Gasteiger partial charge is 0.465 e. The van der Waals surface area contributed by atoms with Gasteiger partial charge in [0.2, 0.25) is 0 Å². The highest BCUT2D eigenvalue weighted by atomic mass is 32.1. The summed E-state index contributed by atoms with van der Waals surface area (Å²) in [5.74, 6) is -0.386. The molecule has 0 saturated carbocycles. The number of nitrogens with two attached hydrogens (primary N) is 1. The van der Waals surface area contributed by atoms with Crippen LogP contribution in [0.15, 0.2) is 6.07 Å². The molecule has 0 amide bonds. The lowest BCUT2D eigenvalue weighted by atomic mass is 10.4. The number of rotatable bonds is 5. The molecule has 0 fully saturated rings. The molecule has 1 rings (SSSR count). The fourth-order valence-corrected chi connectivity index (χ4v) is 2.07. The summed E-state index contributed by atoms with van der Waals surface area (Å²) in [5.41, 5.74) is 6.17. The first-order chi connectivity index (χ1) is 7.54. The molecule has 0 bridgehead atoms. The highest BCUT2D eigenvalue weighted by molar-refractivity contribution is 7.18. The lowest BCUT2D eigenvalue weighted by molar-refractivity contribution is 0.0607. The zero-order valence-electron chi connectivity index (χ0n) is 9.74. The van der Waals surface area contributed by atoms with E-state index in [0.29, 0.717) is 10.6 Å². The number of esters is 1. The molecule has 1 heterocycles. The van der Waals surface area contributed by atoms with Gasteiger partial charge in [0.15, 0.2) is 0 Å². The first kappa shape index (κ1) is 12.8. The molecule has 0 aliphatic carbocycles. The predicted molar refractivity (Wildman–Crippen MR) is 67.1 cm³/mol. The average molecular weight is 243 g/mol. The molecule has 0 spiro atoms. The zero-order chi connectivity index (χ0) is 12.1. The van der Waals surface area contributed by atoms with Gasteiger partial charge in [-0.15, -0.1) is 11.3 Å². The Morgan fingerprint density at radius 3 is 2.88 bits per heavy atom. The number of anilines is 2. The van der Waals surface area contributed by atoms with Gasteiger partial charge in [-0.05, 0) is 20.2 Å². The van der Waals surface area contributed by atoms with Crippen molar-refractivity contribution in [3.8, 4) is 0 Å². The summed E-state index contributed by atoms with van der Waals surface area (Å²) >= 11 is 1.31. The number of nitrogens with zero attached hydrogens (tertiary/aromatic N) is 1. The number of ether oxygens (including phenoxy) is 1. The summed E-state index contributed by atoms with van der Waals surface area (Å²) in [6.45, 7) is 1.74. The quantitative estimate of drug-likeness (QED) is 0.758. The smallest absolute Gasteiger partial charge is 0.350 e. The fraction of sp³-hybridized carbons (Fsp3) is 0.500. The van der Waals surface area contributed by atoms with Crippen LogP contribution in [0.5, 0.6) is 0 Å². The van der Waals surface area contributed by atoms with Crippen molar-refractivity contribution in [3.63, 3.8) is 0 Å². The van der Waals surface area contributed by atoms with E-state index in [9.17, 15) is 4.79 Å². The number of thiophene rings is 1. The predicted octanol–water partition coefficient (Wildman–Crippen LogP) is 1.09. The summed E-state index contributed by atoms with van der Waals surface area (Å²) < 4.78 is 4.63. The molecule has 0 radical (unpaired) electrons. The van der Waals surface area contributed by atoms with Crippen molar-refractivity contribution in [3.05, 3.63) is 10.9 Å². The molecular weight excluding hydrogens is 226 g/mol. The Morgan fingerprint density at radius 2 is 2.31 bits per heavy atom. The second-order valence-corrected chi connectivity index (χ2v) is 4.67. The van der Waals surface area contributed by atoms with Crippen molar-refractivity contribution in [2.24, 2.45) is 0 Å². The summed E-state index contributed by atoms with van der Waals surface area (Å²) in [7, 11) is 5.36. The highest BCUT2D eigenvalue weighted by Crippen LogP contribution is 2.29. The second kappa shape index (κ2) is 5.72. The topological polar surface area (TPSA) is 67.6 Å². The third-order valence-corrected chi connectivity index (χ3v) is 3.08. The van der Waals surface area contributed by atoms with Gasteiger partial charge in [-0.3, -0.25) is 0 Å². The highest BCUT2D eigenvalue weighted by Gasteiger charge is 2.14. The Labute approximate surface area is 99.2 Å². The van der Waals surface area contributed by atoms with Crippen LogP contribution in [0.2, 0.25) is 0 Å². The first-order valence-electron chi connectivity index (χ1n) is 4.90. The van der Waals surface area contributed by atoms with Crippen LogP contribution in [0.1, 0.15) is 9.67 Å². The molecule has 0 atom stereocenters. The third kappa shape index (κ3) is 3.39. The molecule has 0 aliphatic heterocycles. The lowest BCUT2D eigenvalue weighted by Gasteiger charge is -2.09. The molecule has 1 aromatic heterocycles. The second-order valence-electron chi connectivity index (χ2n) is 3.62. The van der Waals surface area contributed by atoms with E-state index in [0.717, 1.165) is 18.1 Å². The summed E-state index contributed by atoms with van der Waals surface area (Å²) in [6.07, 6.45) is 0. The van der Waals surface area contributed by atoms with Gasteiger partial charge in [0.1, 0.15) is 4.88 Å². The summed E-state index contributed by atoms with van der Waals surface area (Å²) in [4.78, 5) is 13.8. The Balaban J connectivity index is 2.59. The number of hydrogen-bond donors (Lipinski definition) is 2. The van der Waals surface area contributed by atoms with Gasteiger partial charge in [0, 0.05) is 13.1 Å². The fourth-order valence-electron chi connectivity index (χ4n) is 1.15. The van der Waals surface area contributed by atoms with Crippen LogP contribution in [0, 0.1) is 0 Å². The van der Waals surface area contributed by atoms with Gasteiger partial charge in [-0.25, -0.2) is 4.79 Å². The Morgan fingerprint density at radius 1 is 1.62 bits per heavy atom. The number of likely N-dealkylation sites (N-methyl/N-ethyl adjacent to an activating group) is 1. The van der Waals surface area contributed by atoms with Crippen molar-refractivity contribution in [2.45, 2.75) is 0 Å².